The molecule has 6 atom stereocenters. The molecular formula is C48H72N8O9. The van der Waals surface area contributed by atoms with E-state index in [1.807, 2.05) is 20.9 Å². The van der Waals surface area contributed by atoms with Gasteiger partial charge in [0.2, 0.25) is 17.7 Å². The van der Waals surface area contributed by atoms with Crippen molar-refractivity contribution < 1.29 is 38.5 Å². The van der Waals surface area contributed by atoms with Crippen LogP contribution in [0.25, 0.3) is 0 Å². The number of ketones is 3. The molecule has 0 spiro atoms. The number of nitrogens with one attached hydrogen (secondary N) is 4. The molecule has 1 fully saturated rings. The van der Waals surface area contributed by atoms with Gasteiger partial charge in [-0.15, -0.1) is 0 Å². The highest BCUT2D eigenvalue weighted by atomic mass is 16.6. The maximum atomic E-state index is 14.5. The molecule has 5 amide bonds. The molecule has 1 aliphatic heterocycles. The SMILES string of the molecule is CNC(=O)[C@@H](C)CC(=O)C1CCCN1C(=O)C(CCCCN(C)C(C)C)CC(=O)[C@H](CC(C)C)NC(=O)[C@H](CC(=O)[C@H](Cc1ccc([N+](=O)[O-])cc1)NC)Cc1ccc(NC(N)=O)cc1. The number of hydrogen-bond acceptors (Lipinski definition) is 11. The fourth-order valence-corrected chi connectivity index (χ4v) is 8.28. The minimum absolute atomic E-state index is 0.00800. The Bertz CT molecular complexity index is 1940. The zero-order chi connectivity index (χ0) is 48.4. The number of carbonyl (C=O) groups is 7. The molecule has 0 bridgehead atoms. The second-order valence-electron chi connectivity index (χ2n) is 18.2. The number of likely N-dealkylation sites (N-methyl/N-ethyl adjacent to an activating group) is 1. The number of nitro benzene ring substituents is 1. The van der Waals surface area contributed by atoms with Gasteiger partial charge in [0.05, 0.1) is 23.0 Å². The van der Waals surface area contributed by atoms with Crippen LogP contribution >= 0.6 is 0 Å². The van der Waals surface area contributed by atoms with Gasteiger partial charge in [0.25, 0.3) is 5.69 Å². The summed E-state index contributed by atoms with van der Waals surface area (Å²) in [4.78, 5) is 109. The van der Waals surface area contributed by atoms with Gasteiger partial charge in [0, 0.05) is 74.5 Å². The smallest absolute Gasteiger partial charge is 0.316 e. The van der Waals surface area contributed by atoms with Crippen molar-refractivity contribution in [3.63, 3.8) is 0 Å². The van der Waals surface area contributed by atoms with Crippen LogP contribution in [0.5, 0.6) is 0 Å². The van der Waals surface area contributed by atoms with Crippen molar-refractivity contribution in [1.29, 1.82) is 0 Å². The Balaban J connectivity index is 1.91. The molecule has 0 aromatic heterocycles. The zero-order valence-corrected chi connectivity index (χ0v) is 39.5. The molecule has 2 aromatic rings. The predicted octanol–water partition coefficient (Wildman–Crippen LogP) is 4.98. The average molecular weight is 905 g/mol. The van der Waals surface area contributed by atoms with Crippen molar-refractivity contribution in [2.45, 2.75) is 129 Å². The molecule has 17 nitrogen and oxygen atoms in total. The summed E-state index contributed by atoms with van der Waals surface area (Å²) < 4.78 is 0. The van der Waals surface area contributed by atoms with Gasteiger partial charge >= 0.3 is 6.03 Å². The number of carbonyl (C=O) groups excluding carboxylic acids is 7. The number of rotatable bonds is 28. The van der Waals surface area contributed by atoms with E-state index >= 15 is 0 Å². The van der Waals surface area contributed by atoms with E-state index in [0.717, 1.165) is 13.0 Å². The Morgan fingerprint density at radius 1 is 0.815 bits per heavy atom. The molecule has 358 valence electrons. The first kappa shape index (κ1) is 53.8. The molecule has 6 N–H and O–H groups in total. The molecule has 1 aliphatic rings. The van der Waals surface area contributed by atoms with E-state index in [0.29, 0.717) is 55.1 Å². The second kappa shape index (κ2) is 26.4. The molecule has 2 aromatic carbocycles. The van der Waals surface area contributed by atoms with Crippen LogP contribution in [0.15, 0.2) is 48.5 Å². The first-order chi connectivity index (χ1) is 30.7. The number of primary amides is 1. The predicted molar refractivity (Wildman–Crippen MR) is 250 cm³/mol. The topological polar surface area (TPSA) is 243 Å². The number of nitro groups is 1. The number of urea groups is 1. The van der Waals surface area contributed by atoms with Gasteiger partial charge in [-0.05, 0) is 109 Å². The van der Waals surface area contributed by atoms with E-state index in [-0.39, 0.29) is 79.3 Å². The van der Waals surface area contributed by atoms with Gasteiger partial charge in [-0.1, -0.05) is 51.5 Å². The largest absolute Gasteiger partial charge is 0.359 e. The van der Waals surface area contributed by atoms with E-state index in [2.05, 4.69) is 40.0 Å². The Labute approximate surface area is 383 Å². The molecule has 1 saturated heterocycles. The Hall–Kier alpha value is -5.55. The number of unbranched alkanes of at least 4 members (excludes halogenated alkanes) is 1. The van der Waals surface area contributed by atoms with Crippen molar-refractivity contribution in [3.05, 3.63) is 69.8 Å². The normalized spacial score (nSPS) is 16.1. The maximum Gasteiger partial charge on any atom is 0.316 e. The first-order valence-corrected chi connectivity index (χ1v) is 22.9. The van der Waals surface area contributed by atoms with E-state index < -0.39 is 52.7 Å². The van der Waals surface area contributed by atoms with Crippen molar-refractivity contribution in [2.24, 2.45) is 29.4 Å². The van der Waals surface area contributed by atoms with Crippen LogP contribution in [0.4, 0.5) is 16.2 Å². The minimum atomic E-state index is -0.978. The molecule has 3 rings (SSSR count). The standard InChI is InChI=1S/C48H72N8O9/c1-30(2)24-40(43(58)28-35(12-9-10-22-54(8)31(3)4)47(62)55-23-11-13-41(55)44(59)25-32(5)45(60)51-7)53-46(61)36(26-33-14-18-37(19-15-33)52-48(49)63)29-42(57)39(50-6)27-34-16-20-38(21-17-34)56(64)65/h14-21,30-32,35-36,39-41,50H,9-13,22-29H2,1-8H3,(H,51,60)(H,53,61)(H3,49,52,63)/t32-,35?,36-,39-,40-,41?/m0/s1. The van der Waals surface area contributed by atoms with E-state index in [9.17, 15) is 43.7 Å². The van der Waals surface area contributed by atoms with Gasteiger partial charge in [-0.25, -0.2) is 4.79 Å². The summed E-state index contributed by atoms with van der Waals surface area (Å²) in [6.07, 6.45) is 3.18. The molecule has 1 heterocycles. The summed E-state index contributed by atoms with van der Waals surface area (Å²) >= 11 is 0. The molecular weight excluding hydrogens is 833 g/mol. The number of nitrogens with two attached hydrogens (primary N) is 1. The van der Waals surface area contributed by atoms with Crippen molar-refractivity contribution in [3.8, 4) is 0 Å². The quantitative estimate of drug-likeness (QED) is 0.0433. The molecule has 17 heteroatoms. The summed E-state index contributed by atoms with van der Waals surface area (Å²) in [5, 5.41) is 22.3. The lowest BCUT2D eigenvalue weighted by atomic mass is 9.87. The van der Waals surface area contributed by atoms with E-state index in [1.54, 1.807) is 55.3 Å². The maximum absolute atomic E-state index is 14.5. The van der Waals surface area contributed by atoms with E-state index in [4.69, 9.17) is 5.73 Å². The highest BCUT2D eigenvalue weighted by Gasteiger charge is 2.39. The highest BCUT2D eigenvalue weighted by molar-refractivity contribution is 5.97. The molecule has 0 aliphatic carbocycles. The number of benzene rings is 2. The van der Waals surface area contributed by atoms with Crippen LogP contribution in [0.2, 0.25) is 0 Å². The number of amides is 5. The third-order valence-corrected chi connectivity index (χ3v) is 12.4. The highest BCUT2D eigenvalue weighted by Crippen LogP contribution is 2.28. The first-order valence-electron chi connectivity index (χ1n) is 22.9. The summed E-state index contributed by atoms with van der Waals surface area (Å²) in [6.45, 7) is 10.9. The Kier molecular flexibility index (Phi) is 21.9. The Morgan fingerprint density at radius 2 is 1.42 bits per heavy atom. The lowest BCUT2D eigenvalue weighted by Gasteiger charge is -2.30. The van der Waals surface area contributed by atoms with Gasteiger partial charge < -0.3 is 36.8 Å². The van der Waals surface area contributed by atoms with Crippen LogP contribution in [0.3, 0.4) is 0 Å². The summed E-state index contributed by atoms with van der Waals surface area (Å²) in [5.74, 6) is -4.11. The van der Waals surface area contributed by atoms with E-state index in [1.165, 1.54) is 19.2 Å². The van der Waals surface area contributed by atoms with Crippen molar-refractivity contribution in [1.82, 2.24) is 25.8 Å². The minimum Gasteiger partial charge on any atom is -0.359 e. The number of anilines is 1. The van der Waals surface area contributed by atoms with Gasteiger partial charge in [0.1, 0.15) is 0 Å². The summed E-state index contributed by atoms with van der Waals surface area (Å²) in [6, 6.07) is 9.79. The number of non-ortho nitro benzene ring substituents is 1. The fraction of sp³-hybridized carbons (Fsp3) is 0.604. The van der Waals surface area contributed by atoms with Crippen molar-refractivity contribution in [2.75, 3.05) is 39.5 Å². The molecule has 0 saturated carbocycles. The number of likely N-dealkylation sites (tertiary alicyclic amines) is 1. The van der Waals surface area contributed by atoms with Gasteiger partial charge in [-0.2, -0.15) is 0 Å². The third-order valence-electron chi connectivity index (χ3n) is 12.4. The van der Waals surface area contributed by atoms with Crippen LogP contribution in [-0.2, 0) is 41.6 Å². The summed E-state index contributed by atoms with van der Waals surface area (Å²) in [7, 11) is 5.17. The lowest BCUT2D eigenvalue weighted by Crippen LogP contribution is -2.48. The van der Waals surface area contributed by atoms with Crippen molar-refractivity contribution >= 4 is 52.5 Å². The van der Waals surface area contributed by atoms with Crippen LogP contribution in [-0.4, -0.2) is 114 Å². The third kappa shape index (κ3) is 17.4. The van der Waals surface area contributed by atoms with Crippen LogP contribution in [0.1, 0.15) is 104 Å². The summed E-state index contributed by atoms with van der Waals surface area (Å²) in [5.41, 5.74) is 7.02. The fourth-order valence-electron chi connectivity index (χ4n) is 8.28. The zero-order valence-electron chi connectivity index (χ0n) is 39.5. The molecule has 0 radical (unpaired) electrons. The lowest BCUT2D eigenvalue weighted by molar-refractivity contribution is -0.384. The number of Topliss-reactive ketones (excluding diaryl/α,β-unsaturated/α-hetero) is 3. The van der Waals surface area contributed by atoms with Gasteiger partial charge in [-0.3, -0.25) is 38.9 Å². The molecule has 65 heavy (non-hydrogen) atoms. The molecule has 2 unspecified atom stereocenters. The monoisotopic (exact) mass is 905 g/mol. The average Bonchev–Trinajstić information content (AvgIpc) is 3.76. The number of hydrogen-bond donors (Lipinski definition) is 5. The van der Waals surface area contributed by atoms with Crippen LogP contribution < -0.4 is 27.0 Å². The van der Waals surface area contributed by atoms with Gasteiger partial charge in [0.15, 0.2) is 17.3 Å². The number of nitrogens with zero attached hydrogens (tertiary/aromatic N) is 3. The second-order valence-corrected chi connectivity index (χ2v) is 18.2. The van der Waals surface area contributed by atoms with Crippen LogP contribution in [0, 0.1) is 33.8 Å². The Morgan fingerprint density at radius 3 is 1.98 bits per heavy atom.